The second-order valence-electron chi connectivity index (χ2n) is 28.9. The largest absolute Gasteiger partial charge is 0.508 e. The van der Waals surface area contributed by atoms with Crippen molar-refractivity contribution in [3.05, 3.63) is 198 Å². The van der Waals surface area contributed by atoms with E-state index in [0.29, 0.717) is 135 Å². The smallest absolute Gasteiger partial charge is 0.319 e. The molecule has 0 saturated carbocycles. The third-order valence-corrected chi connectivity index (χ3v) is 21.7. The van der Waals surface area contributed by atoms with Gasteiger partial charge in [-0.15, -0.1) is 0 Å². The minimum absolute atomic E-state index is 0.00103. The Morgan fingerprint density at radius 2 is 0.690 bits per heavy atom. The number of hydrogen-bond donors (Lipinski definition) is 3. The van der Waals surface area contributed by atoms with E-state index in [1.54, 1.807) is 51.1 Å². The zero-order valence-corrected chi connectivity index (χ0v) is 67.5. The number of nitrogens with zero attached hydrogens (tertiary/aromatic N) is 13. The third-order valence-electron chi connectivity index (χ3n) is 20.8. The van der Waals surface area contributed by atoms with Crippen LogP contribution < -0.4 is 28.9 Å². The molecule has 3 fully saturated rings. The van der Waals surface area contributed by atoms with Crippen LogP contribution in [0.5, 0.6) is 35.3 Å². The normalized spacial score (nSPS) is 14.6. The third kappa shape index (κ3) is 17.4. The first-order valence-electron chi connectivity index (χ1n) is 38.2. The fraction of sp³-hybridized carbons (Fsp3) is 0.284. The van der Waals surface area contributed by atoms with Crippen molar-refractivity contribution in [1.82, 2.24) is 49.5 Å². The highest BCUT2D eigenvalue weighted by Crippen LogP contribution is 2.47. The number of carbonyl (C=O) groups excluding carboxylic acids is 3. The summed E-state index contributed by atoms with van der Waals surface area (Å²) in [6.45, 7) is 26.7. The summed E-state index contributed by atoms with van der Waals surface area (Å²) in [5, 5.41) is 37.5. The number of aromatic nitrogens is 6. The summed E-state index contributed by atoms with van der Waals surface area (Å²) >= 11 is 20.3. The van der Waals surface area contributed by atoms with Crippen LogP contribution in [0.15, 0.2) is 165 Å². The average Bonchev–Trinajstić information content (AvgIpc) is 0.753. The molecule has 3 aromatic heterocycles. The van der Waals surface area contributed by atoms with Gasteiger partial charge in [0, 0.05) is 118 Å². The molecule has 1 unspecified atom stereocenters. The molecule has 6 heterocycles. The molecule has 22 nitrogen and oxygen atoms in total. The molecule has 0 spiro atoms. The van der Waals surface area contributed by atoms with E-state index in [4.69, 9.17) is 54.0 Å². The molecule has 3 N–H and O–H groups in total. The van der Waals surface area contributed by atoms with Gasteiger partial charge in [0.15, 0.2) is 17.5 Å². The van der Waals surface area contributed by atoms with E-state index in [-0.39, 0.29) is 120 Å². The van der Waals surface area contributed by atoms with Gasteiger partial charge in [-0.1, -0.05) is 141 Å². The number of phenols is 3. The van der Waals surface area contributed by atoms with Crippen molar-refractivity contribution in [3.8, 4) is 68.7 Å². The van der Waals surface area contributed by atoms with Crippen LogP contribution in [0.2, 0.25) is 15.1 Å². The monoisotopic (exact) mass is 1630 g/mol. The van der Waals surface area contributed by atoms with Gasteiger partial charge in [0.25, 0.3) is 0 Å². The maximum atomic E-state index is 16.6. The average molecular weight is 1630 g/mol. The summed E-state index contributed by atoms with van der Waals surface area (Å²) in [5.74, 6) is -0.793. The number of phenolic OH excluding ortho intramolecular Hbond substituents is 3. The van der Waals surface area contributed by atoms with E-state index < -0.39 is 17.5 Å². The molecular weight excluding hydrogens is 1550 g/mol. The number of halogens is 6. The zero-order valence-electron chi connectivity index (χ0n) is 65.2. The van der Waals surface area contributed by atoms with E-state index in [1.165, 1.54) is 36.4 Å². The number of rotatable bonds is 19. The molecule has 12 aromatic rings. The SMILES string of the molecule is C=CC(=O)N1CCN(c2nc(OC(C)CC)nc3c(F)c(-c4cc(O)cc5ccccc45)c(Cl)cc23)CC1.C=CC(=O)N1CCN(c2nc(O[C@H](C)CC)nc3c(F)c(-c4cc(O)cc5ccccc45)c(Cl)cc23)CC1.C=CC(=O)N1CCN(c2nc(O[C@H](C)CN(C)C)nc3c(F)c(-c4cc(O)cc5ccccc45)c(Cl)cc23)CC1. The van der Waals surface area contributed by atoms with Gasteiger partial charge in [-0.3, -0.25) is 14.4 Å². The molecule has 0 bridgehead atoms. The predicted molar refractivity (Wildman–Crippen MR) is 454 cm³/mol. The van der Waals surface area contributed by atoms with Crippen LogP contribution in [0.4, 0.5) is 30.6 Å². The molecule has 3 aliphatic rings. The van der Waals surface area contributed by atoms with Crippen molar-refractivity contribution >= 4 is 135 Å². The maximum absolute atomic E-state index is 16.6. The van der Waals surface area contributed by atoms with Gasteiger partial charge < -0.3 is 63.8 Å². The second kappa shape index (κ2) is 35.5. The number of hydrogen-bond acceptors (Lipinski definition) is 19. The van der Waals surface area contributed by atoms with Gasteiger partial charge in [-0.2, -0.15) is 29.9 Å². The second-order valence-corrected chi connectivity index (χ2v) is 30.1. The van der Waals surface area contributed by atoms with Crippen molar-refractivity contribution < 1.29 is 57.1 Å². The minimum Gasteiger partial charge on any atom is -0.508 e. The lowest BCUT2D eigenvalue weighted by Crippen LogP contribution is -2.48. The Balaban J connectivity index is 0.000000151. The predicted octanol–water partition coefficient (Wildman–Crippen LogP) is 17.0. The Bertz CT molecular complexity index is 5590. The molecule has 15 rings (SSSR count). The van der Waals surface area contributed by atoms with Gasteiger partial charge in [-0.25, -0.2) is 13.2 Å². The molecule has 600 valence electrons. The molecule has 28 heteroatoms. The van der Waals surface area contributed by atoms with E-state index in [1.807, 2.05) is 141 Å². The van der Waals surface area contributed by atoms with Gasteiger partial charge in [0.1, 0.15) is 57.4 Å². The van der Waals surface area contributed by atoms with Crippen LogP contribution >= 0.6 is 34.8 Å². The summed E-state index contributed by atoms with van der Waals surface area (Å²) in [4.78, 5) is 76.8. The Labute approximate surface area is 683 Å². The minimum atomic E-state index is -0.632. The van der Waals surface area contributed by atoms with Gasteiger partial charge >= 0.3 is 18.0 Å². The molecule has 0 radical (unpaired) electrons. The number of aromatic hydroxyl groups is 3. The summed E-state index contributed by atoms with van der Waals surface area (Å²) in [7, 11) is 3.87. The van der Waals surface area contributed by atoms with Crippen molar-refractivity contribution in [3.63, 3.8) is 0 Å². The zero-order chi connectivity index (χ0) is 82.5. The van der Waals surface area contributed by atoms with E-state index >= 15 is 13.2 Å². The Morgan fingerprint density at radius 1 is 0.422 bits per heavy atom. The molecule has 9 aromatic carbocycles. The van der Waals surface area contributed by atoms with Crippen LogP contribution in [0, 0.1) is 17.5 Å². The molecule has 3 saturated heterocycles. The number of ether oxygens (including phenoxy) is 3. The highest BCUT2D eigenvalue weighted by atomic mass is 35.5. The molecular formula is C88H87Cl3F3N13O9. The maximum Gasteiger partial charge on any atom is 0.319 e. The number of piperazine rings is 3. The van der Waals surface area contributed by atoms with Crippen molar-refractivity contribution in [2.75, 3.05) is 114 Å². The quantitative estimate of drug-likeness (QED) is 0.0638. The number of fused-ring (bicyclic) bond motifs is 6. The van der Waals surface area contributed by atoms with E-state index in [0.717, 1.165) is 45.2 Å². The fourth-order valence-electron chi connectivity index (χ4n) is 14.7. The van der Waals surface area contributed by atoms with Crippen molar-refractivity contribution in [1.29, 1.82) is 0 Å². The number of benzene rings is 9. The molecule has 0 aliphatic carbocycles. The standard InChI is InChI=1S/C30H31ClFN5O3.2C29H28ClFN4O3/c1-5-25(39)36-10-12-37(13-11-36)29-23-16-24(31)26(22-15-20(38)14-19-8-6-7-9-21(19)22)27(32)28(23)33-30(34-29)40-18(2)17-35(3)4;2*1-4-17(3)38-29-32-27-22(28(33-29)35-12-10-34(11-13-35)24(37)5-2)16-23(30)25(26(27)31)21-15-19(36)14-18-8-6-7-9-20(18)21/h5-9,14-16,18,38H,1,10-13,17H2,2-4H3;2*5-9,14-17,36H,2,4,10-13H2,1,3H3/t18-;17-;/m11./s1. The van der Waals surface area contributed by atoms with Crippen LogP contribution in [0.1, 0.15) is 47.5 Å². The summed E-state index contributed by atoms with van der Waals surface area (Å²) in [6.07, 6.45) is 4.75. The Kier molecular flexibility index (Phi) is 25.2. The van der Waals surface area contributed by atoms with Crippen molar-refractivity contribution in [2.24, 2.45) is 0 Å². The summed E-state index contributed by atoms with van der Waals surface area (Å²) in [5.41, 5.74) is 2.03. The van der Waals surface area contributed by atoms with Crippen LogP contribution in [0.25, 0.3) is 98.4 Å². The summed E-state index contributed by atoms with van der Waals surface area (Å²) < 4.78 is 67.4. The van der Waals surface area contributed by atoms with Gasteiger partial charge in [-0.05, 0) is 170 Å². The first-order chi connectivity index (χ1) is 55.8. The topological polar surface area (TPSA) is 240 Å². The molecule has 3 aliphatic heterocycles. The van der Waals surface area contributed by atoms with Crippen LogP contribution in [0.3, 0.4) is 0 Å². The Morgan fingerprint density at radius 3 is 0.948 bits per heavy atom. The highest BCUT2D eigenvalue weighted by molar-refractivity contribution is 6.36. The number of amides is 3. The number of likely N-dealkylation sites (N-methyl/N-ethyl adjacent to an activating group) is 1. The lowest BCUT2D eigenvalue weighted by molar-refractivity contribution is -0.127. The summed E-state index contributed by atoms with van der Waals surface area (Å²) in [6, 6.07) is 36.8. The highest BCUT2D eigenvalue weighted by Gasteiger charge is 2.32. The van der Waals surface area contributed by atoms with Gasteiger partial charge in [0.2, 0.25) is 17.7 Å². The Hall–Kier alpha value is -11.8. The lowest BCUT2D eigenvalue weighted by Gasteiger charge is -2.35. The number of anilines is 3. The number of carbonyl (C=O) groups is 3. The fourth-order valence-corrected chi connectivity index (χ4v) is 15.5. The van der Waals surface area contributed by atoms with Crippen molar-refractivity contribution in [2.45, 2.75) is 65.8 Å². The first kappa shape index (κ1) is 82.2. The van der Waals surface area contributed by atoms with Gasteiger partial charge in [0.05, 0.1) is 27.3 Å². The lowest BCUT2D eigenvalue weighted by atomic mass is 9.96. The molecule has 3 atom stereocenters. The van der Waals surface area contributed by atoms with Crippen LogP contribution in [-0.4, -0.2) is 200 Å². The molecule has 116 heavy (non-hydrogen) atoms. The first-order valence-corrected chi connectivity index (χ1v) is 39.3. The van der Waals surface area contributed by atoms with Crippen LogP contribution in [-0.2, 0) is 14.4 Å². The van der Waals surface area contributed by atoms with E-state index in [2.05, 4.69) is 44.7 Å². The van der Waals surface area contributed by atoms with E-state index in [9.17, 15) is 29.7 Å². The molecule has 3 amide bonds.